The second-order valence-corrected chi connectivity index (χ2v) is 3.73. The van der Waals surface area contributed by atoms with Crippen LogP contribution in [0, 0.1) is 0 Å². The standard InChI is InChI=1S/C12H16N2O3/c1-8(13-2)11(15)14-7-9-3-5-10(6-4-9)12(16)17/h3-6,8,13H,7H2,1-2H3,(H,14,15)(H,16,17). The highest BCUT2D eigenvalue weighted by Gasteiger charge is 2.09. The Morgan fingerprint density at radius 2 is 1.88 bits per heavy atom. The van der Waals surface area contributed by atoms with Crippen LogP contribution < -0.4 is 10.6 Å². The highest BCUT2D eigenvalue weighted by Crippen LogP contribution is 2.04. The SMILES string of the molecule is CNC(C)C(=O)NCc1ccc(C(=O)O)cc1. The van der Waals surface area contributed by atoms with Crippen molar-refractivity contribution in [3.8, 4) is 0 Å². The van der Waals surface area contributed by atoms with Crippen LogP contribution in [0.2, 0.25) is 0 Å². The molecule has 0 fully saturated rings. The first-order chi connectivity index (χ1) is 8.04. The van der Waals surface area contributed by atoms with E-state index in [1.807, 2.05) is 0 Å². The van der Waals surface area contributed by atoms with E-state index in [0.717, 1.165) is 5.56 Å². The number of carboxylic acids is 1. The highest BCUT2D eigenvalue weighted by atomic mass is 16.4. The van der Waals surface area contributed by atoms with Gasteiger partial charge in [0.1, 0.15) is 0 Å². The molecule has 17 heavy (non-hydrogen) atoms. The molecular formula is C12H16N2O3. The van der Waals surface area contributed by atoms with Gasteiger partial charge in [-0.15, -0.1) is 0 Å². The molecule has 1 amide bonds. The first-order valence-electron chi connectivity index (χ1n) is 5.32. The Hall–Kier alpha value is -1.88. The lowest BCUT2D eigenvalue weighted by atomic mass is 10.1. The lowest BCUT2D eigenvalue weighted by Gasteiger charge is -2.10. The van der Waals surface area contributed by atoms with Crippen molar-refractivity contribution >= 4 is 11.9 Å². The lowest BCUT2D eigenvalue weighted by Crippen LogP contribution is -2.39. The Bertz CT molecular complexity index is 401. The summed E-state index contributed by atoms with van der Waals surface area (Å²) in [5.74, 6) is -1.04. The number of carboxylic acid groups (broad SMARTS) is 1. The Balaban J connectivity index is 2.53. The summed E-state index contributed by atoms with van der Waals surface area (Å²) in [7, 11) is 1.71. The molecule has 0 saturated carbocycles. The van der Waals surface area contributed by atoms with E-state index in [1.54, 1.807) is 26.1 Å². The third-order valence-corrected chi connectivity index (χ3v) is 2.49. The summed E-state index contributed by atoms with van der Waals surface area (Å²) in [6.07, 6.45) is 0. The number of amides is 1. The highest BCUT2D eigenvalue weighted by molar-refractivity contribution is 5.87. The van der Waals surface area contributed by atoms with Gasteiger partial charge >= 0.3 is 5.97 Å². The van der Waals surface area contributed by atoms with Gasteiger partial charge in [-0.3, -0.25) is 4.79 Å². The zero-order valence-corrected chi connectivity index (χ0v) is 9.86. The monoisotopic (exact) mass is 236 g/mol. The van der Waals surface area contributed by atoms with E-state index in [0.29, 0.717) is 6.54 Å². The number of carbonyl (C=O) groups excluding carboxylic acids is 1. The molecule has 0 radical (unpaired) electrons. The first-order valence-corrected chi connectivity index (χ1v) is 5.32. The third kappa shape index (κ3) is 3.88. The number of likely N-dealkylation sites (N-methyl/N-ethyl adjacent to an activating group) is 1. The van der Waals surface area contributed by atoms with Crippen LogP contribution in [-0.2, 0) is 11.3 Å². The molecule has 5 heteroatoms. The third-order valence-electron chi connectivity index (χ3n) is 2.49. The van der Waals surface area contributed by atoms with E-state index in [4.69, 9.17) is 5.11 Å². The normalized spacial score (nSPS) is 11.9. The van der Waals surface area contributed by atoms with E-state index in [-0.39, 0.29) is 17.5 Å². The minimum atomic E-state index is -0.954. The van der Waals surface area contributed by atoms with Gasteiger partial charge in [0.25, 0.3) is 0 Å². The van der Waals surface area contributed by atoms with Crippen molar-refractivity contribution in [1.82, 2.24) is 10.6 Å². The summed E-state index contributed by atoms with van der Waals surface area (Å²) >= 11 is 0. The van der Waals surface area contributed by atoms with Crippen molar-refractivity contribution in [3.63, 3.8) is 0 Å². The number of rotatable bonds is 5. The van der Waals surface area contributed by atoms with Crippen LogP contribution in [0.3, 0.4) is 0 Å². The molecule has 0 aliphatic carbocycles. The second kappa shape index (κ2) is 6.00. The topological polar surface area (TPSA) is 78.4 Å². The zero-order valence-electron chi connectivity index (χ0n) is 9.86. The molecule has 1 aromatic rings. The van der Waals surface area contributed by atoms with Crippen LogP contribution in [0.5, 0.6) is 0 Å². The molecule has 0 aliphatic heterocycles. The summed E-state index contributed by atoms with van der Waals surface area (Å²) < 4.78 is 0. The number of aromatic carboxylic acids is 1. The Labute approximate surface area is 99.8 Å². The Morgan fingerprint density at radius 1 is 1.29 bits per heavy atom. The average molecular weight is 236 g/mol. The van der Waals surface area contributed by atoms with Gasteiger partial charge in [0.05, 0.1) is 11.6 Å². The molecule has 92 valence electrons. The zero-order chi connectivity index (χ0) is 12.8. The fourth-order valence-electron chi connectivity index (χ4n) is 1.24. The van der Waals surface area contributed by atoms with Gasteiger partial charge in [-0.2, -0.15) is 0 Å². The van der Waals surface area contributed by atoms with E-state index in [2.05, 4.69) is 10.6 Å². The average Bonchev–Trinajstić information content (AvgIpc) is 2.35. The molecule has 0 bridgehead atoms. The van der Waals surface area contributed by atoms with Crippen LogP contribution >= 0.6 is 0 Å². The summed E-state index contributed by atoms with van der Waals surface area (Å²) in [4.78, 5) is 22.1. The van der Waals surface area contributed by atoms with Gasteiger partial charge in [0.2, 0.25) is 5.91 Å². The molecule has 0 heterocycles. The lowest BCUT2D eigenvalue weighted by molar-refractivity contribution is -0.122. The molecular weight excluding hydrogens is 220 g/mol. The predicted octanol–water partition coefficient (Wildman–Crippen LogP) is 0.609. The summed E-state index contributed by atoms with van der Waals surface area (Å²) in [5.41, 5.74) is 1.11. The van der Waals surface area contributed by atoms with E-state index in [9.17, 15) is 9.59 Å². The molecule has 5 nitrogen and oxygen atoms in total. The van der Waals surface area contributed by atoms with E-state index < -0.39 is 5.97 Å². The predicted molar refractivity (Wildman–Crippen MR) is 63.8 cm³/mol. The maximum atomic E-state index is 11.5. The molecule has 1 rings (SSSR count). The second-order valence-electron chi connectivity index (χ2n) is 3.73. The van der Waals surface area contributed by atoms with Crippen molar-refractivity contribution in [2.45, 2.75) is 19.5 Å². The van der Waals surface area contributed by atoms with Crippen LogP contribution in [0.25, 0.3) is 0 Å². The minimum Gasteiger partial charge on any atom is -0.478 e. The quantitative estimate of drug-likeness (QED) is 0.700. The molecule has 0 aromatic heterocycles. The van der Waals surface area contributed by atoms with Gasteiger partial charge in [-0.25, -0.2) is 4.79 Å². The van der Waals surface area contributed by atoms with Gasteiger partial charge in [-0.1, -0.05) is 12.1 Å². The molecule has 3 N–H and O–H groups in total. The summed E-state index contributed by atoms with van der Waals surface area (Å²) in [6, 6.07) is 6.17. The van der Waals surface area contributed by atoms with Crippen LogP contribution in [0.1, 0.15) is 22.8 Å². The Kier molecular flexibility index (Phi) is 4.66. The molecule has 0 saturated heterocycles. The fourth-order valence-corrected chi connectivity index (χ4v) is 1.24. The largest absolute Gasteiger partial charge is 0.478 e. The van der Waals surface area contributed by atoms with Crippen LogP contribution in [0.4, 0.5) is 0 Å². The molecule has 0 spiro atoms. The number of nitrogens with one attached hydrogen (secondary N) is 2. The number of hydrogen-bond donors (Lipinski definition) is 3. The van der Waals surface area contributed by atoms with Crippen LogP contribution in [0.15, 0.2) is 24.3 Å². The van der Waals surface area contributed by atoms with Crippen LogP contribution in [-0.4, -0.2) is 30.1 Å². The van der Waals surface area contributed by atoms with Crippen molar-refractivity contribution in [2.75, 3.05) is 7.05 Å². The number of carbonyl (C=O) groups is 2. The maximum Gasteiger partial charge on any atom is 0.335 e. The van der Waals surface area contributed by atoms with E-state index >= 15 is 0 Å². The fraction of sp³-hybridized carbons (Fsp3) is 0.333. The van der Waals surface area contributed by atoms with Gasteiger partial charge in [-0.05, 0) is 31.7 Å². The summed E-state index contributed by atoms with van der Waals surface area (Å²) in [6.45, 7) is 2.16. The first kappa shape index (κ1) is 13.2. The van der Waals surface area contributed by atoms with Gasteiger partial charge < -0.3 is 15.7 Å². The van der Waals surface area contributed by atoms with Crippen molar-refractivity contribution in [3.05, 3.63) is 35.4 Å². The van der Waals surface area contributed by atoms with Gasteiger partial charge in [0.15, 0.2) is 0 Å². The Morgan fingerprint density at radius 3 is 2.35 bits per heavy atom. The minimum absolute atomic E-state index is 0.0881. The van der Waals surface area contributed by atoms with Crippen molar-refractivity contribution in [1.29, 1.82) is 0 Å². The molecule has 1 atom stereocenters. The number of benzene rings is 1. The number of hydrogen-bond acceptors (Lipinski definition) is 3. The van der Waals surface area contributed by atoms with Crippen molar-refractivity contribution in [2.24, 2.45) is 0 Å². The van der Waals surface area contributed by atoms with Gasteiger partial charge in [0, 0.05) is 6.54 Å². The van der Waals surface area contributed by atoms with E-state index in [1.165, 1.54) is 12.1 Å². The smallest absolute Gasteiger partial charge is 0.335 e. The molecule has 1 aromatic carbocycles. The summed E-state index contributed by atoms with van der Waals surface area (Å²) in [5, 5.41) is 14.3. The maximum absolute atomic E-state index is 11.5. The molecule has 0 aliphatic rings. The van der Waals surface area contributed by atoms with Crippen molar-refractivity contribution < 1.29 is 14.7 Å². The molecule has 1 unspecified atom stereocenters.